The summed E-state index contributed by atoms with van der Waals surface area (Å²) in [6.07, 6.45) is 4.05. The number of rotatable bonds is 3. The van der Waals surface area contributed by atoms with E-state index in [4.69, 9.17) is 5.73 Å². The van der Waals surface area contributed by atoms with Crippen molar-refractivity contribution in [1.29, 1.82) is 0 Å². The van der Waals surface area contributed by atoms with Gasteiger partial charge in [-0.2, -0.15) is 0 Å². The van der Waals surface area contributed by atoms with Crippen LogP contribution in [0.15, 0.2) is 0 Å². The van der Waals surface area contributed by atoms with Gasteiger partial charge >= 0.3 is 0 Å². The lowest BCUT2D eigenvalue weighted by atomic mass is 9.80. The Kier molecular flexibility index (Phi) is 4.20. The molecular weight excluding hydrogens is 160 g/mol. The molecule has 1 fully saturated rings. The molecule has 0 aliphatic heterocycles. The Morgan fingerprint density at radius 3 is 2.23 bits per heavy atom. The smallest absolute Gasteiger partial charge is 0.0164 e. The van der Waals surface area contributed by atoms with E-state index in [1.165, 1.54) is 19.3 Å². The molecule has 0 spiro atoms. The summed E-state index contributed by atoms with van der Waals surface area (Å²) in [6, 6.07) is 1.18. The second-order valence-electron chi connectivity index (χ2n) is 4.92. The van der Waals surface area contributed by atoms with E-state index in [9.17, 15) is 0 Å². The number of hydrogen-bond acceptors (Lipinski definition) is 2. The minimum absolute atomic E-state index is 0.475. The predicted octanol–water partition coefficient (Wildman–Crippen LogP) is 1.75. The van der Waals surface area contributed by atoms with Crippen molar-refractivity contribution in [3.8, 4) is 0 Å². The molecule has 0 aromatic rings. The fraction of sp³-hybridized carbons (Fsp3) is 1.00. The van der Waals surface area contributed by atoms with Gasteiger partial charge in [0.05, 0.1) is 0 Å². The summed E-state index contributed by atoms with van der Waals surface area (Å²) in [4.78, 5) is 0. The summed E-state index contributed by atoms with van der Waals surface area (Å²) in [6.45, 7) is 7.64. The van der Waals surface area contributed by atoms with E-state index in [-0.39, 0.29) is 0 Å². The molecule has 1 rings (SSSR count). The average Bonchev–Trinajstić information content (AvgIpc) is 2.02. The van der Waals surface area contributed by atoms with Crippen molar-refractivity contribution in [3.05, 3.63) is 0 Å². The Bertz CT molecular complexity index is 137. The summed E-state index contributed by atoms with van der Waals surface area (Å²) >= 11 is 0. The lowest BCUT2D eigenvalue weighted by Gasteiger charge is -2.33. The summed E-state index contributed by atoms with van der Waals surface area (Å²) in [7, 11) is 0. The molecule has 2 nitrogen and oxygen atoms in total. The molecule has 3 unspecified atom stereocenters. The first-order valence-electron chi connectivity index (χ1n) is 5.58. The highest BCUT2D eigenvalue weighted by atomic mass is 15.0. The molecule has 13 heavy (non-hydrogen) atoms. The van der Waals surface area contributed by atoms with E-state index in [1.807, 2.05) is 0 Å². The lowest BCUT2D eigenvalue weighted by molar-refractivity contribution is 0.229. The van der Waals surface area contributed by atoms with Gasteiger partial charge in [-0.1, -0.05) is 13.8 Å². The van der Waals surface area contributed by atoms with Crippen LogP contribution in [0.1, 0.15) is 40.0 Å². The molecule has 3 atom stereocenters. The standard InChI is InChI=1S/C11H24N2/c1-8-4-9(2)6-11(5-8)13-10(3)7-12/h8-11,13H,4-7,12H2,1-3H3. The third-order valence-corrected chi connectivity index (χ3v) is 3.05. The van der Waals surface area contributed by atoms with Gasteiger partial charge in [-0.05, 0) is 38.0 Å². The number of nitrogens with one attached hydrogen (secondary N) is 1. The largest absolute Gasteiger partial charge is 0.329 e. The number of hydrogen-bond donors (Lipinski definition) is 2. The molecule has 2 heteroatoms. The van der Waals surface area contributed by atoms with Gasteiger partial charge in [0, 0.05) is 18.6 Å². The van der Waals surface area contributed by atoms with Crippen LogP contribution in [0, 0.1) is 11.8 Å². The van der Waals surface area contributed by atoms with Gasteiger partial charge in [-0.3, -0.25) is 0 Å². The molecule has 1 aliphatic carbocycles. The molecule has 3 N–H and O–H groups in total. The fourth-order valence-electron chi connectivity index (χ4n) is 2.55. The predicted molar refractivity (Wildman–Crippen MR) is 57.6 cm³/mol. The van der Waals surface area contributed by atoms with Crippen LogP contribution in [0.25, 0.3) is 0 Å². The van der Waals surface area contributed by atoms with Crippen LogP contribution in [0.3, 0.4) is 0 Å². The van der Waals surface area contributed by atoms with Crippen molar-refractivity contribution >= 4 is 0 Å². The highest BCUT2D eigenvalue weighted by molar-refractivity contribution is 4.81. The van der Waals surface area contributed by atoms with Crippen LogP contribution in [0.4, 0.5) is 0 Å². The molecule has 0 bridgehead atoms. The average molecular weight is 184 g/mol. The third kappa shape index (κ3) is 3.65. The van der Waals surface area contributed by atoms with Crippen molar-refractivity contribution in [3.63, 3.8) is 0 Å². The summed E-state index contributed by atoms with van der Waals surface area (Å²) in [5, 5.41) is 3.60. The maximum atomic E-state index is 5.60. The zero-order chi connectivity index (χ0) is 9.84. The van der Waals surface area contributed by atoms with Crippen LogP contribution in [-0.2, 0) is 0 Å². The maximum absolute atomic E-state index is 5.60. The van der Waals surface area contributed by atoms with Crippen LogP contribution < -0.4 is 11.1 Å². The number of nitrogens with two attached hydrogens (primary N) is 1. The first-order chi connectivity index (χ1) is 6.11. The van der Waals surface area contributed by atoms with E-state index in [1.54, 1.807) is 0 Å². The quantitative estimate of drug-likeness (QED) is 0.701. The van der Waals surface area contributed by atoms with Gasteiger partial charge < -0.3 is 11.1 Å². The SMILES string of the molecule is CC1CC(C)CC(NC(C)CN)C1. The normalized spacial score (nSPS) is 37.4. The van der Waals surface area contributed by atoms with Gasteiger partial charge in [0.1, 0.15) is 0 Å². The summed E-state index contributed by atoms with van der Waals surface area (Å²) < 4.78 is 0. The molecule has 0 heterocycles. The van der Waals surface area contributed by atoms with Gasteiger partial charge in [-0.15, -0.1) is 0 Å². The second-order valence-corrected chi connectivity index (χ2v) is 4.92. The first-order valence-corrected chi connectivity index (χ1v) is 5.58. The monoisotopic (exact) mass is 184 g/mol. The zero-order valence-electron chi connectivity index (χ0n) is 9.22. The lowest BCUT2D eigenvalue weighted by Crippen LogP contribution is -2.44. The Balaban J connectivity index is 2.32. The van der Waals surface area contributed by atoms with Crippen LogP contribution in [-0.4, -0.2) is 18.6 Å². The van der Waals surface area contributed by atoms with Crippen molar-refractivity contribution in [2.24, 2.45) is 17.6 Å². The Morgan fingerprint density at radius 2 is 1.77 bits per heavy atom. The zero-order valence-corrected chi connectivity index (χ0v) is 9.22. The molecule has 1 saturated carbocycles. The molecule has 0 aromatic carbocycles. The van der Waals surface area contributed by atoms with Gasteiger partial charge in [0.2, 0.25) is 0 Å². The molecular formula is C11H24N2. The fourth-order valence-corrected chi connectivity index (χ4v) is 2.55. The minimum atomic E-state index is 0.475. The van der Waals surface area contributed by atoms with Crippen LogP contribution in [0.5, 0.6) is 0 Å². The van der Waals surface area contributed by atoms with Crippen LogP contribution in [0.2, 0.25) is 0 Å². The first kappa shape index (κ1) is 11.0. The maximum Gasteiger partial charge on any atom is 0.0164 e. The van der Waals surface area contributed by atoms with E-state index in [0.717, 1.165) is 18.4 Å². The van der Waals surface area contributed by atoms with Gasteiger partial charge in [0.25, 0.3) is 0 Å². The van der Waals surface area contributed by atoms with Crippen LogP contribution >= 0.6 is 0 Å². The molecule has 78 valence electrons. The van der Waals surface area contributed by atoms with Crippen molar-refractivity contribution in [1.82, 2.24) is 5.32 Å². The van der Waals surface area contributed by atoms with Gasteiger partial charge in [0.15, 0.2) is 0 Å². The van der Waals surface area contributed by atoms with Crippen molar-refractivity contribution in [2.75, 3.05) is 6.54 Å². The molecule has 0 radical (unpaired) electrons. The molecule has 0 aromatic heterocycles. The highest BCUT2D eigenvalue weighted by Gasteiger charge is 2.24. The third-order valence-electron chi connectivity index (χ3n) is 3.05. The molecule has 0 amide bonds. The van der Waals surface area contributed by atoms with Gasteiger partial charge in [-0.25, -0.2) is 0 Å². The van der Waals surface area contributed by atoms with E-state index < -0.39 is 0 Å². The van der Waals surface area contributed by atoms with E-state index in [2.05, 4.69) is 26.1 Å². The molecule has 0 saturated heterocycles. The Labute approximate surface area is 82.3 Å². The topological polar surface area (TPSA) is 38.0 Å². The van der Waals surface area contributed by atoms with E-state index >= 15 is 0 Å². The second kappa shape index (κ2) is 4.97. The van der Waals surface area contributed by atoms with E-state index in [0.29, 0.717) is 12.1 Å². The highest BCUT2D eigenvalue weighted by Crippen LogP contribution is 2.28. The minimum Gasteiger partial charge on any atom is -0.329 e. The van der Waals surface area contributed by atoms with Crippen molar-refractivity contribution < 1.29 is 0 Å². The van der Waals surface area contributed by atoms with Crippen molar-refractivity contribution in [2.45, 2.75) is 52.1 Å². The summed E-state index contributed by atoms with van der Waals surface area (Å²) in [5.74, 6) is 1.76. The molecule has 1 aliphatic rings. The Morgan fingerprint density at radius 1 is 1.23 bits per heavy atom. The Hall–Kier alpha value is -0.0800. The summed E-state index contributed by atoms with van der Waals surface area (Å²) in [5.41, 5.74) is 5.60.